The molecule has 0 heterocycles. The molecular formula is C17H16F3N3O3. The molecule has 0 saturated heterocycles. The van der Waals surface area contributed by atoms with Gasteiger partial charge in [-0.25, -0.2) is 0 Å². The van der Waals surface area contributed by atoms with Crippen molar-refractivity contribution >= 4 is 23.0 Å². The minimum Gasteiger partial charge on any atom is -0.376 e. The van der Waals surface area contributed by atoms with E-state index in [1.54, 1.807) is 13.8 Å². The van der Waals surface area contributed by atoms with E-state index < -0.39 is 22.6 Å². The number of aryl methyl sites for hydroxylation is 2. The minimum absolute atomic E-state index is 0.0670. The maximum atomic E-state index is 12.5. The van der Waals surface area contributed by atoms with Gasteiger partial charge >= 0.3 is 6.18 Å². The Labute approximate surface area is 147 Å². The lowest BCUT2D eigenvalue weighted by Crippen LogP contribution is -2.22. The third-order valence-corrected chi connectivity index (χ3v) is 3.75. The molecule has 9 heteroatoms. The summed E-state index contributed by atoms with van der Waals surface area (Å²) in [6, 6.07) is 7.07. The molecule has 2 aromatic carbocycles. The van der Waals surface area contributed by atoms with Gasteiger partial charge in [-0.05, 0) is 55.3 Å². The van der Waals surface area contributed by atoms with Gasteiger partial charge in [0.1, 0.15) is 5.69 Å². The molecule has 0 aromatic heterocycles. The predicted octanol–water partition coefficient (Wildman–Crippen LogP) is 4.28. The topological polar surface area (TPSA) is 84.3 Å². The number of carbonyl (C=O) groups excluding carboxylic acids is 1. The van der Waals surface area contributed by atoms with Crippen molar-refractivity contribution in [3.63, 3.8) is 0 Å². The molecule has 0 saturated carbocycles. The third kappa shape index (κ3) is 4.71. The zero-order valence-corrected chi connectivity index (χ0v) is 14.0. The number of hydrogen-bond donors (Lipinski definition) is 2. The Morgan fingerprint density at radius 1 is 1.12 bits per heavy atom. The van der Waals surface area contributed by atoms with Crippen LogP contribution in [0.25, 0.3) is 0 Å². The summed E-state index contributed by atoms with van der Waals surface area (Å²) >= 11 is 0. The summed E-state index contributed by atoms with van der Waals surface area (Å²) in [6.07, 6.45) is -4.43. The van der Waals surface area contributed by atoms with Gasteiger partial charge in [0.05, 0.1) is 17.0 Å². The number of anilines is 2. The highest BCUT2D eigenvalue weighted by Gasteiger charge is 2.29. The molecule has 6 nitrogen and oxygen atoms in total. The fraction of sp³-hybridized carbons (Fsp3) is 0.235. The molecule has 0 spiro atoms. The van der Waals surface area contributed by atoms with Crippen molar-refractivity contribution in [1.82, 2.24) is 0 Å². The highest BCUT2D eigenvalue weighted by molar-refractivity contribution is 5.96. The van der Waals surface area contributed by atoms with E-state index in [0.29, 0.717) is 5.69 Å². The average molecular weight is 367 g/mol. The van der Waals surface area contributed by atoms with Crippen LogP contribution in [0.15, 0.2) is 36.4 Å². The van der Waals surface area contributed by atoms with Gasteiger partial charge in [-0.3, -0.25) is 14.9 Å². The fourth-order valence-corrected chi connectivity index (χ4v) is 2.21. The van der Waals surface area contributed by atoms with Crippen molar-refractivity contribution in [1.29, 1.82) is 0 Å². The molecule has 0 aliphatic carbocycles. The van der Waals surface area contributed by atoms with Crippen LogP contribution in [0.3, 0.4) is 0 Å². The Balaban J connectivity index is 2.03. The molecule has 0 aliphatic heterocycles. The Hall–Kier alpha value is -3.10. The number of benzene rings is 2. The van der Waals surface area contributed by atoms with Gasteiger partial charge in [-0.2, -0.15) is 13.2 Å². The number of hydrogen-bond acceptors (Lipinski definition) is 4. The molecule has 0 bridgehead atoms. The third-order valence-electron chi connectivity index (χ3n) is 3.75. The summed E-state index contributed by atoms with van der Waals surface area (Å²) in [7, 11) is 0. The van der Waals surface area contributed by atoms with Crippen molar-refractivity contribution < 1.29 is 22.9 Å². The van der Waals surface area contributed by atoms with E-state index >= 15 is 0 Å². The smallest absolute Gasteiger partial charge is 0.376 e. The Kier molecular flexibility index (Phi) is 5.49. The second kappa shape index (κ2) is 7.42. The Morgan fingerprint density at radius 2 is 1.69 bits per heavy atom. The van der Waals surface area contributed by atoms with Crippen LogP contribution in [0.1, 0.15) is 16.7 Å². The molecule has 2 rings (SSSR count). The van der Waals surface area contributed by atoms with Crippen molar-refractivity contribution in [2.24, 2.45) is 0 Å². The van der Waals surface area contributed by atoms with E-state index in [4.69, 9.17) is 0 Å². The zero-order chi connectivity index (χ0) is 19.5. The number of alkyl halides is 3. The number of nitrogens with zero attached hydrogens (tertiary/aromatic N) is 1. The first-order valence-electron chi connectivity index (χ1n) is 7.54. The normalized spacial score (nSPS) is 11.1. The van der Waals surface area contributed by atoms with Crippen molar-refractivity contribution in [3.8, 4) is 0 Å². The molecule has 2 aromatic rings. The molecule has 2 N–H and O–H groups in total. The molecule has 0 radical (unpaired) electrons. The van der Waals surface area contributed by atoms with Crippen molar-refractivity contribution in [3.05, 3.63) is 63.2 Å². The maximum absolute atomic E-state index is 12.5. The quantitative estimate of drug-likeness (QED) is 0.610. The SMILES string of the molecule is Cc1cc(NC(=O)CNc2ccc(C(F)(F)F)cc2)c([N+](=O)[O-])cc1C. The summed E-state index contributed by atoms with van der Waals surface area (Å²) in [6.45, 7) is 3.23. The number of nitro benzene ring substituents is 1. The molecular weight excluding hydrogens is 351 g/mol. The van der Waals surface area contributed by atoms with Crippen LogP contribution in [0, 0.1) is 24.0 Å². The van der Waals surface area contributed by atoms with Crippen LogP contribution in [-0.2, 0) is 11.0 Å². The number of halogens is 3. The van der Waals surface area contributed by atoms with Gasteiger partial charge in [0.15, 0.2) is 0 Å². The highest BCUT2D eigenvalue weighted by atomic mass is 19.4. The lowest BCUT2D eigenvalue weighted by Gasteiger charge is -2.11. The van der Waals surface area contributed by atoms with Gasteiger partial charge in [0.2, 0.25) is 5.91 Å². The van der Waals surface area contributed by atoms with E-state index in [0.717, 1.165) is 23.3 Å². The monoisotopic (exact) mass is 367 g/mol. The molecule has 138 valence electrons. The maximum Gasteiger partial charge on any atom is 0.416 e. The van der Waals surface area contributed by atoms with E-state index in [1.165, 1.54) is 24.3 Å². The van der Waals surface area contributed by atoms with Crippen molar-refractivity contribution in [2.45, 2.75) is 20.0 Å². The summed E-state index contributed by atoms with van der Waals surface area (Å²) < 4.78 is 37.5. The van der Waals surface area contributed by atoms with Gasteiger partial charge in [-0.1, -0.05) is 0 Å². The van der Waals surface area contributed by atoms with Crippen LogP contribution in [-0.4, -0.2) is 17.4 Å². The van der Waals surface area contributed by atoms with E-state index in [2.05, 4.69) is 10.6 Å². The van der Waals surface area contributed by atoms with Gasteiger partial charge < -0.3 is 10.6 Å². The Morgan fingerprint density at radius 3 is 2.23 bits per heavy atom. The van der Waals surface area contributed by atoms with Gasteiger partial charge in [-0.15, -0.1) is 0 Å². The van der Waals surface area contributed by atoms with Crippen LogP contribution in [0.5, 0.6) is 0 Å². The van der Waals surface area contributed by atoms with Crippen LogP contribution >= 0.6 is 0 Å². The summed E-state index contributed by atoms with van der Waals surface area (Å²) in [5, 5.41) is 16.2. The minimum atomic E-state index is -4.43. The lowest BCUT2D eigenvalue weighted by molar-refractivity contribution is -0.384. The summed E-state index contributed by atoms with van der Waals surface area (Å²) in [5.74, 6) is -0.559. The second-order valence-corrected chi connectivity index (χ2v) is 5.69. The van der Waals surface area contributed by atoms with E-state index in [9.17, 15) is 28.1 Å². The van der Waals surface area contributed by atoms with Crippen LogP contribution < -0.4 is 10.6 Å². The number of nitrogens with one attached hydrogen (secondary N) is 2. The average Bonchev–Trinajstić information content (AvgIpc) is 2.55. The largest absolute Gasteiger partial charge is 0.416 e. The summed E-state index contributed by atoms with van der Waals surface area (Å²) in [5.41, 5.74) is 0.869. The van der Waals surface area contributed by atoms with Gasteiger partial charge in [0.25, 0.3) is 5.69 Å². The molecule has 26 heavy (non-hydrogen) atoms. The number of nitro groups is 1. The molecule has 1 amide bonds. The van der Waals surface area contributed by atoms with Crippen molar-refractivity contribution in [2.75, 3.05) is 17.2 Å². The number of rotatable bonds is 5. The Bertz CT molecular complexity index is 834. The lowest BCUT2D eigenvalue weighted by atomic mass is 10.1. The second-order valence-electron chi connectivity index (χ2n) is 5.69. The fourth-order valence-electron chi connectivity index (χ4n) is 2.21. The zero-order valence-electron chi connectivity index (χ0n) is 14.0. The number of amides is 1. The summed E-state index contributed by atoms with van der Waals surface area (Å²) in [4.78, 5) is 22.5. The molecule has 0 fully saturated rings. The molecule has 0 atom stereocenters. The molecule has 0 aliphatic rings. The van der Waals surface area contributed by atoms with Gasteiger partial charge in [0, 0.05) is 11.8 Å². The first-order chi connectivity index (χ1) is 12.1. The first-order valence-corrected chi connectivity index (χ1v) is 7.54. The number of carbonyl (C=O) groups is 1. The standard InChI is InChI=1S/C17H16F3N3O3/c1-10-7-14(15(23(25)26)8-11(10)2)22-16(24)9-21-13-5-3-12(4-6-13)17(18,19)20/h3-8,21H,9H2,1-2H3,(H,22,24). The van der Waals surface area contributed by atoms with E-state index in [-0.39, 0.29) is 17.9 Å². The first kappa shape index (κ1) is 19.2. The van der Waals surface area contributed by atoms with E-state index in [1.807, 2.05) is 0 Å². The predicted molar refractivity (Wildman–Crippen MR) is 91.1 cm³/mol. The molecule has 0 unspecified atom stereocenters. The van der Waals surface area contributed by atoms with Crippen LogP contribution in [0.2, 0.25) is 0 Å². The van der Waals surface area contributed by atoms with Crippen LogP contribution in [0.4, 0.5) is 30.2 Å². The highest BCUT2D eigenvalue weighted by Crippen LogP contribution is 2.30.